The second-order valence-electron chi connectivity index (χ2n) is 9.00. The first-order valence-electron chi connectivity index (χ1n) is 11.7. The number of benzene rings is 1. The molecule has 1 aliphatic heterocycles. The highest BCUT2D eigenvalue weighted by Gasteiger charge is 2.31. The van der Waals surface area contributed by atoms with Crippen LogP contribution in [0, 0.1) is 5.92 Å². The first-order chi connectivity index (χ1) is 15.7. The number of aromatic nitrogens is 3. The lowest BCUT2D eigenvalue weighted by molar-refractivity contribution is -0.132. The van der Waals surface area contributed by atoms with E-state index in [1.165, 1.54) is 32.1 Å². The van der Waals surface area contributed by atoms with Crippen LogP contribution in [0.3, 0.4) is 0 Å². The first kappa shape index (κ1) is 20.8. The Balaban J connectivity index is 1.33. The van der Waals surface area contributed by atoms with Crippen molar-refractivity contribution >= 4 is 17.1 Å². The highest BCUT2D eigenvalue weighted by Crippen LogP contribution is 2.28. The number of amides is 1. The molecule has 1 saturated carbocycles. The number of carbonyl (C=O) groups excluding carboxylic acids is 1. The molecule has 2 aliphatic rings. The number of rotatable bonds is 6. The van der Waals surface area contributed by atoms with Crippen LogP contribution in [0.1, 0.15) is 44.6 Å². The number of carbonyl (C=O) groups is 1. The first-order valence-corrected chi connectivity index (χ1v) is 11.7. The van der Waals surface area contributed by atoms with Gasteiger partial charge < -0.3 is 9.64 Å². The molecule has 0 N–H and O–H groups in total. The number of hydrogen-bond acceptors (Lipinski definition) is 4. The highest BCUT2D eigenvalue weighted by molar-refractivity contribution is 5.78. The molecule has 2 aromatic heterocycles. The maximum Gasteiger partial charge on any atom is 0.330 e. The average Bonchev–Trinajstić information content (AvgIpc) is 3.42. The molecule has 168 valence electrons. The minimum atomic E-state index is -0.0619. The van der Waals surface area contributed by atoms with Crippen LogP contribution in [0.15, 0.2) is 53.5 Å². The van der Waals surface area contributed by atoms with Crippen molar-refractivity contribution in [2.75, 3.05) is 19.7 Å². The van der Waals surface area contributed by atoms with E-state index in [0.29, 0.717) is 24.8 Å². The third-order valence-corrected chi connectivity index (χ3v) is 6.87. The number of para-hydroxylation sites is 1. The van der Waals surface area contributed by atoms with Gasteiger partial charge in [0.2, 0.25) is 0 Å². The molecule has 3 heterocycles. The maximum absolute atomic E-state index is 13.5. The third-order valence-electron chi connectivity index (χ3n) is 6.87. The molecule has 5 rings (SSSR count). The number of pyridine rings is 1. The molecule has 3 aromatic rings. The fourth-order valence-corrected chi connectivity index (χ4v) is 5.17. The van der Waals surface area contributed by atoms with Crippen molar-refractivity contribution in [1.82, 2.24) is 19.0 Å². The largest absolute Gasteiger partial charge is 0.484 e. The Morgan fingerprint density at radius 3 is 2.66 bits per heavy atom. The summed E-state index contributed by atoms with van der Waals surface area (Å²) in [6.45, 7) is 1.90. The van der Waals surface area contributed by atoms with Gasteiger partial charge in [-0.2, -0.15) is 0 Å². The summed E-state index contributed by atoms with van der Waals surface area (Å²) in [4.78, 5) is 32.6. The standard InChI is InChI=1S/C25H30N4O3/c30-23(18-32-21-10-5-2-6-11-21)27-15-13-20(17-27)29-24-22(12-7-14-26-24)28(25(29)31)16-19-8-3-1-4-9-19/h2,5-7,10-12,14,19-20H,1,3-4,8-9,13,15-18H2/t20-/m1/s1. The van der Waals surface area contributed by atoms with E-state index in [1.54, 1.807) is 11.1 Å². The number of fused-ring (bicyclic) bond motifs is 1. The Labute approximate surface area is 187 Å². The van der Waals surface area contributed by atoms with Crippen LogP contribution in [0.4, 0.5) is 0 Å². The molecule has 0 spiro atoms. The van der Waals surface area contributed by atoms with Crippen LogP contribution in [0.25, 0.3) is 11.2 Å². The van der Waals surface area contributed by atoms with Gasteiger partial charge in [-0.25, -0.2) is 9.78 Å². The molecule has 7 heteroatoms. The van der Waals surface area contributed by atoms with Gasteiger partial charge in [-0.15, -0.1) is 0 Å². The molecule has 1 atom stereocenters. The SMILES string of the molecule is O=C(COc1ccccc1)N1CC[C@@H](n2c(=O)n(CC3CCCCC3)c3cccnc32)C1. The fourth-order valence-electron chi connectivity index (χ4n) is 5.17. The van der Waals surface area contributed by atoms with Gasteiger partial charge >= 0.3 is 5.69 Å². The third kappa shape index (κ3) is 4.16. The van der Waals surface area contributed by atoms with Crippen LogP contribution < -0.4 is 10.4 Å². The van der Waals surface area contributed by atoms with E-state index < -0.39 is 0 Å². The van der Waals surface area contributed by atoms with Crippen molar-refractivity contribution in [2.24, 2.45) is 5.92 Å². The van der Waals surface area contributed by atoms with Crippen LogP contribution in [0.5, 0.6) is 5.75 Å². The summed E-state index contributed by atoms with van der Waals surface area (Å²) in [5, 5.41) is 0. The Bertz CT molecular complexity index is 1130. The minimum absolute atomic E-state index is 0.00380. The zero-order chi connectivity index (χ0) is 21.9. The van der Waals surface area contributed by atoms with Gasteiger partial charge in [0.1, 0.15) is 5.75 Å². The Morgan fingerprint density at radius 2 is 1.84 bits per heavy atom. The number of likely N-dealkylation sites (tertiary alicyclic amines) is 1. The van der Waals surface area contributed by atoms with E-state index >= 15 is 0 Å². The molecule has 32 heavy (non-hydrogen) atoms. The van der Waals surface area contributed by atoms with Gasteiger partial charge in [0, 0.05) is 25.8 Å². The number of hydrogen-bond donors (Lipinski definition) is 0. The summed E-state index contributed by atoms with van der Waals surface area (Å²) in [6, 6.07) is 13.2. The summed E-state index contributed by atoms with van der Waals surface area (Å²) in [7, 11) is 0. The Morgan fingerprint density at radius 1 is 1.03 bits per heavy atom. The van der Waals surface area contributed by atoms with Gasteiger partial charge in [-0.3, -0.25) is 13.9 Å². The predicted octanol–water partition coefficient (Wildman–Crippen LogP) is 3.63. The smallest absolute Gasteiger partial charge is 0.330 e. The molecule has 1 aliphatic carbocycles. The van der Waals surface area contributed by atoms with Crippen molar-refractivity contribution < 1.29 is 9.53 Å². The molecule has 0 radical (unpaired) electrons. The topological polar surface area (TPSA) is 69.4 Å². The van der Waals surface area contributed by atoms with E-state index in [9.17, 15) is 9.59 Å². The zero-order valence-corrected chi connectivity index (χ0v) is 18.4. The molecule has 0 unspecified atom stereocenters. The average molecular weight is 435 g/mol. The van der Waals surface area contributed by atoms with Crippen molar-refractivity contribution in [3.05, 3.63) is 59.1 Å². The van der Waals surface area contributed by atoms with Crippen molar-refractivity contribution in [3.63, 3.8) is 0 Å². The summed E-state index contributed by atoms with van der Waals surface area (Å²) < 4.78 is 9.37. The number of ether oxygens (including phenoxy) is 1. The lowest BCUT2D eigenvalue weighted by atomic mass is 9.89. The molecule has 1 saturated heterocycles. The Kier molecular flexibility index (Phi) is 5.97. The van der Waals surface area contributed by atoms with E-state index in [2.05, 4.69) is 4.98 Å². The molecular weight excluding hydrogens is 404 g/mol. The Hall–Kier alpha value is -3.09. The van der Waals surface area contributed by atoms with Crippen LogP contribution in [-0.4, -0.2) is 44.6 Å². The highest BCUT2D eigenvalue weighted by atomic mass is 16.5. The lowest BCUT2D eigenvalue weighted by Gasteiger charge is -2.21. The quantitative estimate of drug-likeness (QED) is 0.594. The van der Waals surface area contributed by atoms with E-state index in [1.807, 2.05) is 51.6 Å². The van der Waals surface area contributed by atoms with E-state index in [0.717, 1.165) is 24.1 Å². The fraction of sp³-hybridized carbons (Fsp3) is 0.480. The monoisotopic (exact) mass is 434 g/mol. The van der Waals surface area contributed by atoms with Gasteiger partial charge in [-0.05, 0) is 49.4 Å². The molecule has 7 nitrogen and oxygen atoms in total. The van der Waals surface area contributed by atoms with Crippen molar-refractivity contribution in [2.45, 2.75) is 51.1 Å². The summed E-state index contributed by atoms with van der Waals surface area (Å²) in [5.41, 5.74) is 1.64. The molecule has 0 bridgehead atoms. The van der Waals surface area contributed by atoms with Crippen molar-refractivity contribution in [1.29, 1.82) is 0 Å². The van der Waals surface area contributed by atoms with E-state index in [4.69, 9.17) is 4.74 Å². The maximum atomic E-state index is 13.5. The van der Waals surface area contributed by atoms with Crippen LogP contribution in [-0.2, 0) is 11.3 Å². The van der Waals surface area contributed by atoms with E-state index in [-0.39, 0.29) is 24.2 Å². The van der Waals surface area contributed by atoms with Crippen molar-refractivity contribution in [3.8, 4) is 5.75 Å². The van der Waals surface area contributed by atoms with Gasteiger partial charge in [0.25, 0.3) is 5.91 Å². The van der Waals surface area contributed by atoms with Gasteiger partial charge in [0.15, 0.2) is 12.3 Å². The van der Waals surface area contributed by atoms with Gasteiger partial charge in [0.05, 0.1) is 11.6 Å². The molecular formula is C25H30N4O3. The summed E-state index contributed by atoms with van der Waals surface area (Å²) >= 11 is 0. The van der Waals surface area contributed by atoms with Crippen LogP contribution >= 0.6 is 0 Å². The molecule has 1 amide bonds. The normalized spacial score (nSPS) is 19.5. The number of nitrogens with zero attached hydrogens (tertiary/aromatic N) is 4. The zero-order valence-electron chi connectivity index (χ0n) is 18.4. The second kappa shape index (κ2) is 9.18. The predicted molar refractivity (Wildman–Crippen MR) is 123 cm³/mol. The minimum Gasteiger partial charge on any atom is -0.484 e. The summed E-state index contributed by atoms with van der Waals surface area (Å²) in [6.07, 6.45) is 8.67. The second-order valence-corrected chi connectivity index (χ2v) is 9.00. The van der Waals surface area contributed by atoms with Gasteiger partial charge in [-0.1, -0.05) is 37.5 Å². The molecule has 1 aromatic carbocycles. The van der Waals surface area contributed by atoms with Crippen LogP contribution in [0.2, 0.25) is 0 Å². The number of imidazole rings is 1. The molecule has 2 fully saturated rings. The summed E-state index contributed by atoms with van der Waals surface area (Å²) in [5.74, 6) is 1.18. The lowest BCUT2D eigenvalue weighted by Crippen LogP contribution is -2.35.